The minimum absolute atomic E-state index is 0.246. The van der Waals surface area contributed by atoms with Crippen LogP contribution in [0.25, 0.3) is 0 Å². The van der Waals surface area contributed by atoms with Crippen molar-refractivity contribution in [2.45, 2.75) is 45.6 Å². The number of carboxylic acid groups (broad SMARTS) is 1. The van der Waals surface area contributed by atoms with Crippen molar-refractivity contribution < 1.29 is 14.5 Å². The number of hydrogen-bond acceptors (Lipinski definition) is 2. The first-order chi connectivity index (χ1) is 7.66. The molecule has 1 rings (SSSR count). The second kappa shape index (κ2) is 6.30. The van der Waals surface area contributed by atoms with Gasteiger partial charge in [0.15, 0.2) is 5.97 Å². The van der Waals surface area contributed by atoms with E-state index in [1.54, 1.807) is 28.6 Å². The molecule has 0 unspecified atom stereocenters. The van der Waals surface area contributed by atoms with Gasteiger partial charge < -0.3 is 9.90 Å². The summed E-state index contributed by atoms with van der Waals surface area (Å²) in [5.41, 5.74) is 0. The molecule has 1 aromatic rings. The molecule has 0 aliphatic rings. The van der Waals surface area contributed by atoms with E-state index in [-0.39, 0.29) is 5.82 Å². The first-order valence-corrected chi connectivity index (χ1v) is 5.93. The van der Waals surface area contributed by atoms with E-state index >= 15 is 0 Å². The van der Waals surface area contributed by atoms with Gasteiger partial charge in [-0.15, -0.1) is 0 Å². The molecule has 1 heterocycles. The van der Waals surface area contributed by atoms with Gasteiger partial charge in [0.1, 0.15) is 12.4 Å². The van der Waals surface area contributed by atoms with Gasteiger partial charge in [-0.1, -0.05) is 26.2 Å². The van der Waals surface area contributed by atoms with Gasteiger partial charge in [-0.05, 0) is 12.8 Å². The summed E-state index contributed by atoms with van der Waals surface area (Å²) in [6, 6.07) is 0. The zero-order valence-electron chi connectivity index (χ0n) is 10.1. The third-order valence-corrected chi connectivity index (χ3v) is 2.76. The molecule has 0 aliphatic heterocycles. The molecule has 0 atom stereocenters. The fraction of sp³-hybridized carbons (Fsp3) is 0.667. The highest BCUT2D eigenvalue weighted by Crippen LogP contribution is 2.05. The van der Waals surface area contributed by atoms with Crippen molar-refractivity contribution in [3.8, 4) is 0 Å². The summed E-state index contributed by atoms with van der Waals surface area (Å²) in [7, 11) is 1.72. The maximum Gasteiger partial charge on any atom is 0.304 e. The highest BCUT2D eigenvalue weighted by atomic mass is 16.4. The van der Waals surface area contributed by atoms with Gasteiger partial charge in [0.25, 0.3) is 0 Å². The molecule has 0 fully saturated rings. The summed E-state index contributed by atoms with van der Waals surface area (Å²) in [5.74, 6) is -0.864. The van der Waals surface area contributed by atoms with Crippen LogP contribution >= 0.6 is 0 Å². The molecule has 0 saturated heterocycles. The summed E-state index contributed by atoms with van der Waals surface area (Å²) in [4.78, 5) is 10.9. The van der Waals surface area contributed by atoms with Crippen molar-refractivity contribution in [1.29, 1.82) is 0 Å². The van der Waals surface area contributed by atoms with E-state index in [2.05, 4.69) is 6.92 Å². The lowest BCUT2D eigenvalue weighted by Crippen LogP contribution is -2.41. The smallest absolute Gasteiger partial charge is 0.304 e. The Morgan fingerprint density at radius 2 is 2.06 bits per heavy atom. The van der Waals surface area contributed by atoms with Crippen LogP contribution in [0.4, 0.5) is 0 Å². The zero-order valence-corrected chi connectivity index (χ0v) is 10.1. The Bertz CT molecular complexity index is 345. The Labute approximate surface area is 96.5 Å². The van der Waals surface area contributed by atoms with Gasteiger partial charge in [0, 0.05) is 0 Å². The van der Waals surface area contributed by atoms with Crippen LogP contribution in [0.2, 0.25) is 0 Å². The summed E-state index contributed by atoms with van der Waals surface area (Å²) < 4.78 is 3.34. The Hall–Kier alpha value is -1.32. The van der Waals surface area contributed by atoms with Gasteiger partial charge in [-0.25, -0.2) is 9.13 Å². The van der Waals surface area contributed by atoms with Gasteiger partial charge >= 0.3 is 5.82 Å². The maximum atomic E-state index is 10.9. The van der Waals surface area contributed by atoms with Crippen LogP contribution in [0.1, 0.15) is 49.6 Å². The van der Waals surface area contributed by atoms with Crippen LogP contribution in [0.5, 0.6) is 0 Å². The molecule has 4 heteroatoms. The van der Waals surface area contributed by atoms with Crippen LogP contribution in [0.3, 0.4) is 0 Å². The number of nitrogens with zero attached hydrogens (tertiary/aromatic N) is 2. The summed E-state index contributed by atoms with van der Waals surface area (Å²) >= 11 is 0. The Morgan fingerprint density at radius 3 is 2.69 bits per heavy atom. The quantitative estimate of drug-likeness (QED) is 0.504. The first kappa shape index (κ1) is 12.7. The number of carbonyl (C=O) groups excluding carboxylic acids is 1. The van der Waals surface area contributed by atoms with Crippen molar-refractivity contribution in [1.82, 2.24) is 4.57 Å². The second-order valence-corrected chi connectivity index (χ2v) is 4.13. The molecule has 0 radical (unpaired) electrons. The molecule has 4 nitrogen and oxygen atoms in total. The van der Waals surface area contributed by atoms with E-state index in [1.807, 2.05) is 0 Å². The maximum absolute atomic E-state index is 10.9. The average molecular weight is 224 g/mol. The predicted molar refractivity (Wildman–Crippen MR) is 58.7 cm³/mol. The minimum atomic E-state index is -1.11. The number of imidazole rings is 1. The molecule has 0 saturated carbocycles. The molecule has 1 aromatic heterocycles. The van der Waals surface area contributed by atoms with Crippen LogP contribution in [0.15, 0.2) is 12.4 Å². The lowest BCUT2D eigenvalue weighted by Gasteiger charge is -2.03. The number of unbranched alkanes of at least 4 members (excludes halogenated alkanes) is 4. The molecule has 0 bridgehead atoms. The van der Waals surface area contributed by atoms with E-state index in [1.165, 1.54) is 19.3 Å². The van der Waals surface area contributed by atoms with E-state index in [9.17, 15) is 9.90 Å². The highest BCUT2D eigenvalue weighted by Gasteiger charge is 2.14. The number of aromatic nitrogens is 2. The SMILES string of the molecule is CCCCCCCn1cc[n+](C)c1C(=O)[O-]. The molecule has 0 amide bonds. The minimum Gasteiger partial charge on any atom is -0.538 e. The van der Waals surface area contributed by atoms with Crippen LogP contribution in [-0.4, -0.2) is 10.5 Å². The average Bonchev–Trinajstić information content (AvgIpc) is 2.59. The molecule has 90 valence electrons. The molecule has 0 N–H and O–H groups in total. The lowest BCUT2D eigenvalue weighted by atomic mass is 10.1. The second-order valence-electron chi connectivity index (χ2n) is 4.13. The molecule has 0 aliphatic carbocycles. The third kappa shape index (κ3) is 3.36. The molecule has 16 heavy (non-hydrogen) atoms. The summed E-state index contributed by atoms with van der Waals surface area (Å²) in [6.07, 6.45) is 9.43. The number of carboxylic acids is 1. The number of rotatable bonds is 7. The van der Waals surface area contributed by atoms with E-state index in [0.29, 0.717) is 0 Å². The molecular weight excluding hydrogens is 204 g/mol. The Kier molecular flexibility index (Phi) is 5.02. The van der Waals surface area contributed by atoms with Crippen molar-refractivity contribution in [2.75, 3.05) is 0 Å². The predicted octanol–water partition coefficient (Wildman–Crippen LogP) is 0.647. The number of carbonyl (C=O) groups is 1. The summed E-state index contributed by atoms with van der Waals surface area (Å²) in [5, 5.41) is 10.9. The highest BCUT2D eigenvalue weighted by molar-refractivity contribution is 5.79. The van der Waals surface area contributed by atoms with Crippen molar-refractivity contribution in [2.24, 2.45) is 7.05 Å². The molecule has 0 aromatic carbocycles. The fourth-order valence-electron chi connectivity index (χ4n) is 1.85. The van der Waals surface area contributed by atoms with E-state index in [4.69, 9.17) is 0 Å². The van der Waals surface area contributed by atoms with Crippen molar-refractivity contribution in [3.05, 3.63) is 18.2 Å². The van der Waals surface area contributed by atoms with Gasteiger partial charge in [-0.2, -0.15) is 0 Å². The largest absolute Gasteiger partial charge is 0.538 e. The Morgan fingerprint density at radius 1 is 1.38 bits per heavy atom. The normalized spacial score (nSPS) is 10.6. The third-order valence-electron chi connectivity index (χ3n) is 2.76. The standard InChI is InChI=1S/C12H20N2O2/c1-3-4-5-6-7-8-14-10-9-13(2)11(14)12(15)16/h9-10H,3-8H2,1-2H3. The number of hydrogen-bond donors (Lipinski definition) is 0. The van der Waals surface area contributed by atoms with Crippen molar-refractivity contribution >= 4 is 5.97 Å². The lowest BCUT2D eigenvalue weighted by molar-refractivity contribution is -0.675. The topological polar surface area (TPSA) is 48.9 Å². The fourth-order valence-corrected chi connectivity index (χ4v) is 1.85. The van der Waals surface area contributed by atoms with E-state index in [0.717, 1.165) is 19.4 Å². The molecule has 0 spiro atoms. The first-order valence-electron chi connectivity index (χ1n) is 5.93. The Balaban J connectivity index is 2.45. The van der Waals surface area contributed by atoms with Crippen LogP contribution in [-0.2, 0) is 13.6 Å². The zero-order chi connectivity index (χ0) is 12.0. The molecular formula is C12H20N2O2. The number of aromatic carboxylic acids is 1. The van der Waals surface area contributed by atoms with Gasteiger partial charge in [0.2, 0.25) is 0 Å². The monoisotopic (exact) mass is 224 g/mol. The number of aryl methyl sites for hydroxylation is 2. The van der Waals surface area contributed by atoms with E-state index < -0.39 is 5.97 Å². The van der Waals surface area contributed by atoms with Crippen LogP contribution < -0.4 is 9.67 Å². The van der Waals surface area contributed by atoms with Crippen LogP contribution in [0, 0.1) is 0 Å². The van der Waals surface area contributed by atoms with Gasteiger partial charge in [0.05, 0.1) is 13.6 Å². The van der Waals surface area contributed by atoms with Gasteiger partial charge in [-0.3, -0.25) is 0 Å². The summed E-state index contributed by atoms with van der Waals surface area (Å²) in [6.45, 7) is 2.94. The van der Waals surface area contributed by atoms with Crippen molar-refractivity contribution in [3.63, 3.8) is 0 Å².